The fourth-order valence-electron chi connectivity index (χ4n) is 2.97. The van der Waals surface area contributed by atoms with Crippen LogP contribution in [0.4, 0.5) is 5.69 Å². The van der Waals surface area contributed by atoms with Crippen LogP contribution >= 0.6 is 23.2 Å². The van der Waals surface area contributed by atoms with Gasteiger partial charge in [-0.25, -0.2) is 4.98 Å². The zero-order chi connectivity index (χ0) is 19.8. The summed E-state index contributed by atoms with van der Waals surface area (Å²) >= 11 is 12.7. The van der Waals surface area contributed by atoms with Crippen molar-refractivity contribution in [3.63, 3.8) is 0 Å². The second-order valence-corrected chi connectivity index (χ2v) is 6.78. The molecule has 1 heterocycles. The molecule has 0 unspecified atom stereocenters. The monoisotopic (exact) mass is 411 g/mol. The van der Waals surface area contributed by atoms with Gasteiger partial charge in [-0.15, -0.1) is 0 Å². The van der Waals surface area contributed by atoms with E-state index in [1.807, 2.05) is 0 Å². The Kier molecular flexibility index (Phi) is 4.58. The van der Waals surface area contributed by atoms with Gasteiger partial charge in [-0.05, 0) is 36.4 Å². The summed E-state index contributed by atoms with van der Waals surface area (Å²) in [6, 6.07) is 17.6. The lowest BCUT2D eigenvalue weighted by atomic mass is 10.1. The summed E-state index contributed by atoms with van der Waals surface area (Å²) in [5, 5.41) is 11.9. The number of aromatic nitrogens is 2. The van der Waals surface area contributed by atoms with E-state index in [4.69, 9.17) is 23.2 Å². The number of rotatable bonds is 3. The Labute approximate surface area is 168 Å². The third-order valence-electron chi connectivity index (χ3n) is 4.27. The molecule has 1 aromatic heterocycles. The van der Waals surface area contributed by atoms with Crippen LogP contribution in [-0.2, 0) is 0 Å². The van der Waals surface area contributed by atoms with Gasteiger partial charge in [0.1, 0.15) is 5.82 Å². The second-order valence-electron chi connectivity index (χ2n) is 5.97. The number of hydrogen-bond acceptors (Lipinski definition) is 4. The van der Waals surface area contributed by atoms with E-state index in [0.717, 1.165) is 0 Å². The highest BCUT2D eigenvalue weighted by Crippen LogP contribution is 2.32. The first kappa shape index (κ1) is 18.2. The van der Waals surface area contributed by atoms with Gasteiger partial charge in [0.15, 0.2) is 0 Å². The van der Waals surface area contributed by atoms with E-state index in [2.05, 4.69) is 4.98 Å². The van der Waals surface area contributed by atoms with E-state index in [1.165, 1.54) is 28.8 Å². The molecule has 4 rings (SSSR count). The van der Waals surface area contributed by atoms with Crippen LogP contribution < -0.4 is 5.56 Å². The van der Waals surface area contributed by atoms with E-state index >= 15 is 0 Å². The van der Waals surface area contributed by atoms with E-state index in [1.54, 1.807) is 42.5 Å². The predicted molar refractivity (Wildman–Crippen MR) is 109 cm³/mol. The molecule has 0 aliphatic heterocycles. The smallest absolute Gasteiger partial charge is 0.268 e. The normalized spacial score (nSPS) is 10.9. The van der Waals surface area contributed by atoms with Crippen molar-refractivity contribution in [3.05, 3.63) is 97.2 Å². The summed E-state index contributed by atoms with van der Waals surface area (Å²) in [5.74, 6) is 0.286. The minimum Gasteiger partial charge on any atom is -0.268 e. The minimum absolute atomic E-state index is 0.0609. The molecule has 138 valence electrons. The number of nitrogens with zero attached hydrogens (tertiary/aromatic N) is 3. The number of non-ortho nitro benzene ring substituents is 1. The molecule has 6 nitrogen and oxygen atoms in total. The lowest BCUT2D eigenvalue weighted by molar-refractivity contribution is -0.384. The summed E-state index contributed by atoms with van der Waals surface area (Å²) in [6.45, 7) is 0. The maximum atomic E-state index is 13.3. The van der Waals surface area contributed by atoms with Gasteiger partial charge in [0.2, 0.25) is 0 Å². The van der Waals surface area contributed by atoms with Gasteiger partial charge >= 0.3 is 0 Å². The SMILES string of the molecule is O=c1c2ccccc2nc(-c2ccc([N+](=O)[O-])cc2)n1-c1c(Cl)cccc1Cl. The summed E-state index contributed by atoms with van der Waals surface area (Å²) < 4.78 is 1.34. The Hall–Kier alpha value is -3.22. The lowest BCUT2D eigenvalue weighted by Gasteiger charge is -2.16. The molecule has 4 aromatic rings. The van der Waals surface area contributed by atoms with Gasteiger partial charge in [0.25, 0.3) is 11.2 Å². The van der Waals surface area contributed by atoms with Crippen LogP contribution in [0.25, 0.3) is 28.0 Å². The van der Waals surface area contributed by atoms with Gasteiger partial charge < -0.3 is 0 Å². The molecule has 0 atom stereocenters. The molecule has 0 aliphatic rings. The Balaban J connectivity index is 2.10. The van der Waals surface area contributed by atoms with E-state index in [-0.39, 0.29) is 27.1 Å². The molecule has 8 heteroatoms. The van der Waals surface area contributed by atoms with Crippen LogP contribution in [0.2, 0.25) is 10.0 Å². The van der Waals surface area contributed by atoms with Crippen molar-refractivity contribution < 1.29 is 4.92 Å². The summed E-state index contributed by atoms with van der Waals surface area (Å²) in [5.41, 5.74) is 0.926. The first-order chi connectivity index (χ1) is 13.5. The molecule has 28 heavy (non-hydrogen) atoms. The van der Waals surface area contributed by atoms with Gasteiger partial charge in [-0.1, -0.05) is 41.4 Å². The van der Waals surface area contributed by atoms with Gasteiger partial charge in [0.05, 0.1) is 31.6 Å². The van der Waals surface area contributed by atoms with Crippen molar-refractivity contribution >= 4 is 39.8 Å². The Morgan fingerprint density at radius 3 is 2.18 bits per heavy atom. The quantitative estimate of drug-likeness (QED) is 0.339. The Bertz CT molecular complexity index is 1260. The number of hydrogen-bond donors (Lipinski definition) is 0. The van der Waals surface area contributed by atoms with E-state index in [0.29, 0.717) is 22.2 Å². The highest BCUT2D eigenvalue weighted by molar-refractivity contribution is 6.37. The predicted octanol–water partition coefficient (Wildman–Crippen LogP) is 5.27. The molecule has 0 saturated carbocycles. The van der Waals surface area contributed by atoms with Gasteiger partial charge in [-0.3, -0.25) is 19.5 Å². The maximum absolute atomic E-state index is 13.3. The first-order valence-electron chi connectivity index (χ1n) is 8.18. The van der Waals surface area contributed by atoms with Crippen molar-refractivity contribution in [2.45, 2.75) is 0 Å². The standard InChI is InChI=1S/C20H11Cl2N3O3/c21-15-5-3-6-16(22)18(15)24-19(12-8-10-13(11-9-12)25(27)28)23-17-7-2-1-4-14(17)20(24)26/h1-11H. The lowest BCUT2D eigenvalue weighted by Crippen LogP contribution is -2.22. The molecule has 3 aromatic carbocycles. The van der Waals surface area contributed by atoms with Crippen molar-refractivity contribution in [2.75, 3.05) is 0 Å². The molecule has 0 spiro atoms. The van der Waals surface area contributed by atoms with E-state index < -0.39 is 4.92 Å². The Morgan fingerprint density at radius 1 is 0.893 bits per heavy atom. The second kappa shape index (κ2) is 7.07. The highest BCUT2D eigenvalue weighted by Gasteiger charge is 2.19. The average Bonchev–Trinajstić information content (AvgIpc) is 2.69. The van der Waals surface area contributed by atoms with Crippen LogP contribution in [0.1, 0.15) is 0 Å². The van der Waals surface area contributed by atoms with Crippen LogP contribution in [0, 0.1) is 10.1 Å². The Morgan fingerprint density at radius 2 is 1.54 bits per heavy atom. The van der Waals surface area contributed by atoms with Gasteiger partial charge in [-0.2, -0.15) is 0 Å². The summed E-state index contributed by atoms with van der Waals surface area (Å²) in [6.07, 6.45) is 0. The fourth-order valence-corrected chi connectivity index (χ4v) is 3.54. The minimum atomic E-state index is -0.490. The molecule has 0 radical (unpaired) electrons. The van der Waals surface area contributed by atoms with Gasteiger partial charge in [0, 0.05) is 17.7 Å². The van der Waals surface area contributed by atoms with E-state index in [9.17, 15) is 14.9 Å². The van der Waals surface area contributed by atoms with Crippen molar-refractivity contribution in [2.24, 2.45) is 0 Å². The highest BCUT2D eigenvalue weighted by atomic mass is 35.5. The van der Waals surface area contributed by atoms with Crippen LogP contribution in [0.3, 0.4) is 0 Å². The zero-order valence-electron chi connectivity index (χ0n) is 14.2. The number of nitro benzene ring substituents is 1. The van der Waals surface area contributed by atoms with Crippen molar-refractivity contribution in [1.29, 1.82) is 0 Å². The van der Waals surface area contributed by atoms with Crippen LogP contribution in [0.5, 0.6) is 0 Å². The number of fused-ring (bicyclic) bond motifs is 1. The van der Waals surface area contributed by atoms with Crippen molar-refractivity contribution in [1.82, 2.24) is 9.55 Å². The maximum Gasteiger partial charge on any atom is 0.269 e. The van der Waals surface area contributed by atoms with Crippen molar-refractivity contribution in [3.8, 4) is 17.1 Å². The number of para-hydroxylation sites is 2. The fraction of sp³-hybridized carbons (Fsp3) is 0. The first-order valence-corrected chi connectivity index (χ1v) is 8.94. The number of nitro groups is 1. The summed E-state index contributed by atoms with van der Waals surface area (Å²) in [4.78, 5) is 28.4. The summed E-state index contributed by atoms with van der Waals surface area (Å²) in [7, 11) is 0. The third-order valence-corrected chi connectivity index (χ3v) is 4.88. The molecular formula is C20H11Cl2N3O3. The number of halogens is 2. The number of benzene rings is 3. The third kappa shape index (κ3) is 3.02. The molecule has 0 N–H and O–H groups in total. The molecular weight excluding hydrogens is 401 g/mol. The molecule has 0 fully saturated rings. The molecule has 0 aliphatic carbocycles. The molecule has 0 saturated heterocycles. The molecule has 0 bridgehead atoms. The largest absolute Gasteiger partial charge is 0.269 e. The van der Waals surface area contributed by atoms with Crippen LogP contribution in [0.15, 0.2) is 71.5 Å². The van der Waals surface area contributed by atoms with Crippen LogP contribution in [-0.4, -0.2) is 14.5 Å². The average molecular weight is 412 g/mol. The zero-order valence-corrected chi connectivity index (χ0v) is 15.7. The topological polar surface area (TPSA) is 78.0 Å². The molecule has 0 amide bonds.